The Bertz CT molecular complexity index is 1130. The minimum absolute atomic E-state index is 0. The summed E-state index contributed by atoms with van der Waals surface area (Å²) >= 11 is 0. The molecule has 1 aliphatic heterocycles. The van der Waals surface area contributed by atoms with Crippen LogP contribution in [-0.2, 0) is 47.7 Å². The van der Waals surface area contributed by atoms with Crippen molar-refractivity contribution < 1.29 is 47.5 Å². The molecule has 1 atom stereocenters. The van der Waals surface area contributed by atoms with E-state index in [2.05, 4.69) is 21.2 Å². The molecule has 1 aromatic heterocycles. The van der Waals surface area contributed by atoms with Gasteiger partial charge in [0.15, 0.2) is 6.03 Å². The molecule has 178 valence electrons. The maximum atomic E-state index is 13.2. The number of anilines is 2. The number of benzene rings is 1. The summed E-state index contributed by atoms with van der Waals surface area (Å²) < 4.78 is 38.5. The predicted molar refractivity (Wildman–Crippen MR) is 126 cm³/mol. The molecular formula is C23H30N5NaO4S. The molecule has 1 unspecified atom stereocenters. The topological polar surface area (TPSA) is 108 Å². The third kappa shape index (κ3) is 5.31. The molecule has 2 heterocycles. The molecule has 1 saturated heterocycles. The van der Waals surface area contributed by atoms with Crippen molar-refractivity contribution in [2.75, 3.05) is 22.8 Å². The molecule has 1 aromatic carbocycles. The molecule has 2 aromatic rings. The van der Waals surface area contributed by atoms with Crippen LogP contribution in [0.5, 0.6) is 0 Å². The minimum Gasteiger partial charge on any atom is -0.423 e. The summed E-state index contributed by atoms with van der Waals surface area (Å²) in [5.41, 5.74) is 5.98. The molecule has 34 heavy (non-hydrogen) atoms. The van der Waals surface area contributed by atoms with Gasteiger partial charge in [-0.2, -0.15) is 5.10 Å². The molecule has 9 nitrogen and oxygen atoms in total. The number of aromatic nitrogens is 2. The van der Waals surface area contributed by atoms with Gasteiger partial charge in [-0.3, -0.25) is 13.8 Å². The molecule has 2 amide bonds. The number of amides is 2. The molecular weight excluding hydrogens is 465 g/mol. The van der Waals surface area contributed by atoms with Gasteiger partial charge < -0.3 is 14.8 Å². The molecule has 1 N–H and O–H groups in total. The van der Waals surface area contributed by atoms with Gasteiger partial charge in [-0.1, -0.05) is 6.07 Å². The third-order valence-corrected chi connectivity index (χ3v) is 8.19. The number of carbonyl (C=O) groups excluding carboxylic acids is 1. The standard InChI is InChI=1S/C23H31N5O4S.Na/c1-27-15-18(14-24-27)28(11-10-19-7-4-12-32-19)33(30,31)26-23(29)25-22-20-8-2-5-16(20)13-17-6-3-9-21(17)22;/h13-15,19H,2-12H2,1H3,(H2,25,26,29);/q;+1/p-1. The Morgan fingerprint density at radius 1 is 1.21 bits per heavy atom. The average Bonchev–Trinajstić information content (AvgIpc) is 3.55. The molecule has 5 rings (SSSR count). The molecule has 3 aliphatic rings. The van der Waals surface area contributed by atoms with Crippen LogP contribution in [0.1, 0.15) is 54.4 Å². The van der Waals surface area contributed by atoms with E-state index >= 15 is 0 Å². The number of hydrogen-bond donors (Lipinski definition) is 1. The number of ether oxygens (including phenoxy) is 1. The van der Waals surface area contributed by atoms with E-state index in [4.69, 9.17) is 4.74 Å². The van der Waals surface area contributed by atoms with Crippen LogP contribution in [0, 0.1) is 0 Å². The smallest absolute Gasteiger partial charge is 0.423 e. The summed E-state index contributed by atoms with van der Waals surface area (Å²) in [6, 6.07) is 1.42. The Morgan fingerprint density at radius 2 is 1.91 bits per heavy atom. The van der Waals surface area contributed by atoms with Crippen molar-refractivity contribution in [2.45, 2.75) is 63.9 Å². The molecule has 11 heteroatoms. The third-order valence-electron chi connectivity index (χ3n) is 6.84. The number of nitrogens with zero attached hydrogens (tertiary/aromatic N) is 4. The van der Waals surface area contributed by atoms with Crippen molar-refractivity contribution >= 4 is 27.6 Å². The molecule has 0 spiro atoms. The number of rotatable bonds is 7. The van der Waals surface area contributed by atoms with Crippen molar-refractivity contribution in [3.8, 4) is 0 Å². The van der Waals surface area contributed by atoms with Crippen LogP contribution in [-0.4, -0.2) is 43.5 Å². The van der Waals surface area contributed by atoms with Crippen molar-refractivity contribution in [1.82, 2.24) is 9.78 Å². The van der Waals surface area contributed by atoms with Gasteiger partial charge in [-0.15, -0.1) is 0 Å². The Kier molecular flexibility index (Phi) is 7.93. The fraction of sp³-hybridized carbons (Fsp3) is 0.565. The van der Waals surface area contributed by atoms with Gasteiger partial charge in [-0.05, 0) is 85.7 Å². The van der Waals surface area contributed by atoms with Gasteiger partial charge in [-0.25, -0.2) is 8.42 Å². The van der Waals surface area contributed by atoms with Gasteiger partial charge in [0.05, 0.1) is 18.0 Å². The first-order chi connectivity index (χ1) is 15.9. The first-order valence-electron chi connectivity index (χ1n) is 11.7. The number of carbonyl (C=O) groups is 1. The average molecular weight is 496 g/mol. The Balaban J connectivity index is 0.00000274. The van der Waals surface area contributed by atoms with Gasteiger partial charge in [0.1, 0.15) is 0 Å². The van der Waals surface area contributed by atoms with E-state index in [9.17, 15) is 13.2 Å². The number of nitrogens with one attached hydrogen (secondary N) is 1. The maximum Gasteiger partial charge on any atom is 1.00 e. The zero-order valence-corrected chi connectivity index (χ0v) is 22.7. The van der Waals surface area contributed by atoms with Crippen LogP contribution in [0.3, 0.4) is 0 Å². The Morgan fingerprint density at radius 3 is 2.50 bits per heavy atom. The Hall–Kier alpha value is -1.59. The summed E-state index contributed by atoms with van der Waals surface area (Å²) in [5, 5.41) is 6.94. The van der Waals surface area contributed by atoms with Crippen LogP contribution < -0.4 is 39.2 Å². The van der Waals surface area contributed by atoms with E-state index in [1.54, 1.807) is 13.2 Å². The van der Waals surface area contributed by atoms with E-state index in [0.29, 0.717) is 18.7 Å². The summed E-state index contributed by atoms with van der Waals surface area (Å²) in [5.74, 6) is 0. The van der Waals surface area contributed by atoms with Crippen LogP contribution in [0.2, 0.25) is 0 Å². The van der Waals surface area contributed by atoms with Crippen molar-refractivity contribution in [3.63, 3.8) is 0 Å². The zero-order valence-electron chi connectivity index (χ0n) is 19.9. The van der Waals surface area contributed by atoms with Crippen molar-refractivity contribution in [1.29, 1.82) is 0 Å². The normalized spacial score (nSPS) is 18.8. The van der Waals surface area contributed by atoms with Crippen molar-refractivity contribution in [3.05, 3.63) is 45.4 Å². The van der Waals surface area contributed by atoms with Crippen LogP contribution in [0.15, 0.2) is 18.5 Å². The number of urea groups is 1. The van der Waals surface area contributed by atoms with E-state index in [-0.39, 0.29) is 42.2 Å². The fourth-order valence-electron chi connectivity index (χ4n) is 5.30. The SMILES string of the molecule is Cn1cc(N(CCC2CCCO2)S(=O)(=O)[N-]C(=O)Nc2c3c(cc4c2CCC4)CCC3)cn1.[Na+]. The molecule has 1 fully saturated rings. The second-order valence-corrected chi connectivity index (χ2v) is 10.6. The van der Waals surface area contributed by atoms with E-state index in [1.807, 2.05) is 0 Å². The van der Waals surface area contributed by atoms with E-state index < -0.39 is 16.2 Å². The zero-order chi connectivity index (χ0) is 23.0. The summed E-state index contributed by atoms with van der Waals surface area (Å²) in [7, 11) is -2.55. The molecule has 0 saturated carbocycles. The molecule has 0 bridgehead atoms. The summed E-state index contributed by atoms with van der Waals surface area (Å²) in [6.07, 6.45) is 11.4. The van der Waals surface area contributed by atoms with Crippen LogP contribution >= 0.6 is 0 Å². The second-order valence-electron chi connectivity index (χ2n) is 9.10. The summed E-state index contributed by atoms with van der Waals surface area (Å²) in [4.78, 5) is 12.9. The quantitative estimate of drug-likeness (QED) is 0.567. The number of fused-ring (bicyclic) bond motifs is 2. The minimum atomic E-state index is -4.26. The monoisotopic (exact) mass is 495 g/mol. The summed E-state index contributed by atoms with van der Waals surface area (Å²) in [6.45, 7) is 0.869. The number of hydrogen-bond acceptors (Lipinski definition) is 5. The largest absolute Gasteiger partial charge is 1.00 e. The predicted octanol–water partition coefficient (Wildman–Crippen LogP) is 0.628. The maximum absolute atomic E-state index is 13.2. The van der Waals surface area contributed by atoms with Crippen LogP contribution in [0.4, 0.5) is 16.2 Å². The molecule has 0 radical (unpaired) electrons. The van der Waals surface area contributed by atoms with Crippen molar-refractivity contribution in [2.24, 2.45) is 7.05 Å². The second kappa shape index (κ2) is 10.6. The fourth-order valence-corrected chi connectivity index (χ4v) is 6.35. The van der Waals surface area contributed by atoms with Gasteiger partial charge in [0, 0.05) is 26.4 Å². The van der Waals surface area contributed by atoms with Gasteiger partial charge in [0.25, 0.3) is 10.2 Å². The Labute approximate surface area is 223 Å². The first-order valence-corrected chi connectivity index (χ1v) is 13.1. The van der Waals surface area contributed by atoms with Crippen LogP contribution in [0.25, 0.3) is 4.72 Å². The van der Waals surface area contributed by atoms with E-state index in [1.165, 1.54) is 22.0 Å². The van der Waals surface area contributed by atoms with Gasteiger partial charge in [0.2, 0.25) is 0 Å². The first kappa shape index (κ1) is 25.5. The van der Waals surface area contributed by atoms with E-state index in [0.717, 1.165) is 72.5 Å². The van der Waals surface area contributed by atoms with Gasteiger partial charge >= 0.3 is 29.6 Å². The molecule has 2 aliphatic carbocycles. The number of aryl methyl sites for hydroxylation is 3.